The second kappa shape index (κ2) is 7.31. The molecule has 1 atom stereocenters. The highest BCUT2D eigenvalue weighted by atomic mass is 16.5. The van der Waals surface area contributed by atoms with Gasteiger partial charge in [0.15, 0.2) is 0 Å². The Morgan fingerprint density at radius 3 is 2.70 bits per heavy atom. The minimum absolute atomic E-state index is 0.0156. The van der Waals surface area contributed by atoms with Gasteiger partial charge < -0.3 is 9.47 Å². The number of rotatable bonds is 5. The molecule has 110 valence electrons. The largest absolute Gasteiger partial charge is 0.497 e. The van der Waals surface area contributed by atoms with Gasteiger partial charge in [0.05, 0.1) is 20.3 Å². The molecule has 20 heavy (non-hydrogen) atoms. The van der Waals surface area contributed by atoms with Crippen LogP contribution in [0.2, 0.25) is 0 Å². The van der Waals surface area contributed by atoms with Gasteiger partial charge in [0, 0.05) is 5.56 Å². The first-order valence-electron chi connectivity index (χ1n) is 7.17. The fraction of sp³-hybridized carbons (Fsp3) is 0.500. The van der Waals surface area contributed by atoms with E-state index in [1.807, 2.05) is 18.2 Å². The lowest BCUT2D eigenvalue weighted by atomic mass is 9.94. The van der Waals surface area contributed by atoms with Crippen LogP contribution < -0.4 is 20.7 Å². The quantitative estimate of drug-likeness (QED) is 0.493. The summed E-state index contributed by atoms with van der Waals surface area (Å²) in [5, 5.41) is 0. The smallest absolute Gasteiger partial charge is 0.124 e. The summed E-state index contributed by atoms with van der Waals surface area (Å²) in [5.74, 6) is 7.46. The van der Waals surface area contributed by atoms with Crippen LogP contribution in [0.3, 0.4) is 0 Å². The maximum Gasteiger partial charge on any atom is 0.124 e. The van der Waals surface area contributed by atoms with Crippen molar-refractivity contribution in [3.05, 3.63) is 35.4 Å². The zero-order chi connectivity index (χ0) is 14.4. The number of hydrogen-bond acceptors (Lipinski definition) is 4. The second-order valence-electron chi connectivity index (χ2n) is 5.09. The van der Waals surface area contributed by atoms with E-state index in [9.17, 15) is 0 Å². The second-order valence-corrected chi connectivity index (χ2v) is 5.09. The van der Waals surface area contributed by atoms with Crippen molar-refractivity contribution in [3.8, 4) is 11.5 Å². The fourth-order valence-electron chi connectivity index (χ4n) is 2.76. The van der Waals surface area contributed by atoms with Crippen LogP contribution in [-0.4, -0.2) is 14.2 Å². The average molecular weight is 276 g/mol. The zero-order valence-corrected chi connectivity index (χ0v) is 12.3. The third-order valence-corrected chi connectivity index (χ3v) is 3.86. The number of hydrazine groups is 1. The van der Waals surface area contributed by atoms with Crippen LogP contribution in [0.15, 0.2) is 29.8 Å². The highest BCUT2D eigenvalue weighted by Gasteiger charge is 2.20. The molecule has 0 heterocycles. The molecule has 1 aromatic rings. The third-order valence-electron chi connectivity index (χ3n) is 3.86. The molecule has 4 heteroatoms. The van der Waals surface area contributed by atoms with Crippen LogP contribution in [0.25, 0.3) is 0 Å². The maximum atomic E-state index is 5.81. The lowest BCUT2D eigenvalue weighted by Gasteiger charge is -2.22. The van der Waals surface area contributed by atoms with E-state index in [0.29, 0.717) is 0 Å². The van der Waals surface area contributed by atoms with Gasteiger partial charge in [-0.15, -0.1) is 0 Å². The Bertz CT molecular complexity index is 472. The summed E-state index contributed by atoms with van der Waals surface area (Å²) >= 11 is 0. The molecule has 0 aromatic heterocycles. The first-order chi connectivity index (χ1) is 9.80. The van der Waals surface area contributed by atoms with Crippen molar-refractivity contribution in [2.75, 3.05) is 14.2 Å². The molecule has 0 spiro atoms. The van der Waals surface area contributed by atoms with E-state index in [4.69, 9.17) is 15.3 Å². The van der Waals surface area contributed by atoms with Gasteiger partial charge in [-0.3, -0.25) is 5.84 Å². The lowest BCUT2D eigenvalue weighted by molar-refractivity contribution is 0.393. The Balaban J connectivity index is 2.36. The van der Waals surface area contributed by atoms with E-state index in [-0.39, 0.29) is 6.04 Å². The minimum Gasteiger partial charge on any atom is -0.497 e. The number of benzene rings is 1. The molecule has 2 rings (SSSR count). The van der Waals surface area contributed by atoms with E-state index in [0.717, 1.165) is 29.9 Å². The van der Waals surface area contributed by atoms with Crippen LogP contribution in [-0.2, 0) is 0 Å². The summed E-state index contributed by atoms with van der Waals surface area (Å²) in [6, 6.07) is 5.81. The number of nitrogens with two attached hydrogens (primary N) is 1. The molecule has 4 nitrogen and oxygen atoms in total. The van der Waals surface area contributed by atoms with E-state index in [1.54, 1.807) is 14.2 Å². The molecule has 1 aliphatic rings. The number of methoxy groups -OCH3 is 2. The lowest BCUT2D eigenvalue weighted by Crippen LogP contribution is -2.29. The van der Waals surface area contributed by atoms with Crippen LogP contribution in [0.5, 0.6) is 11.5 Å². The molecule has 3 N–H and O–H groups in total. The summed E-state index contributed by atoms with van der Waals surface area (Å²) in [6.07, 6.45) is 8.28. The monoisotopic (exact) mass is 276 g/mol. The molecular formula is C16H24N2O2. The van der Waals surface area contributed by atoms with Crippen LogP contribution in [0, 0.1) is 0 Å². The minimum atomic E-state index is -0.0156. The predicted octanol–water partition coefficient (Wildman–Crippen LogP) is 3.10. The molecule has 0 fully saturated rings. The summed E-state index contributed by atoms with van der Waals surface area (Å²) in [4.78, 5) is 0. The Kier molecular flexibility index (Phi) is 5.44. The van der Waals surface area contributed by atoms with E-state index >= 15 is 0 Å². The maximum absolute atomic E-state index is 5.81. The third kappa shape index (κ3) is 3.32. The fourth-order valence-corrected chi connectivity index (χ4v) is 2.76. The van der Waals surface area contributed by atoms with Crippen molar-refractivity contribution in [2.45, 2.75) is 38.1 Å². The highest BCUT2D eigenvalue weighted by Crippen LogP contribution is 2.35. The molecule has 0 aliphatic heterocycles. The van der Waals surface area contributed by atoms with Gasteiger partial charge in [-0.05, 0) is 43.9 Å². The topological polar surface area (TPSA) is 56.5 Å². The van der Waals surface area contributed by atoms with Crippen molar-refractivity contribution in [1.82, 2.24) is 5.43 Å². The Morgan fingerprint density at radius 1 is 1.15 bits per heavy atom. The van der Waals surface area contributed by atoms with E-state index in [2.05, 4.69) is 11.5 Å². The van der Waals surface area contributed by atoms with Gasteiger partial charge in [-0.1, -0.05) is 18.1 Å². The Morgan fingerprint density at radius 2 is 2.00 bits per heavy atom. The average Bonchev–Trinajstić information content (AvgIpc) is 2.77. The van der Waals surface area contributed by atoms with Crippen molar-refractivity contribution in [2.24, 2.45) is 5.84 Å². The van der Waals surface area contributed by atoms with E-state index in [1.165, 1.54) is 24.8 Å². The molecule has 0 saturated heterocycles. The SMILES string of the molecule is COc1ccc(OC)c(C(NN)C2=CCCCCC2)c1. The number of allylic oxidation sites excluding steroid dienone is 1. The molecule has 1 aromatic carbocycles. The molecule has 0 saturated carbocycles. The van der Waals surface area contributed by atoms with Crippen molar-refractivity contribution in [1.29, 1.82) is 0 Å². The Labute approximate surface area is 120 Å². The number of ether oxygens (including phenoxy) is 2. The van der Waals surface area contributed by atoms with Crippen LogP contribution in [0.4, 0.5) is 0 Å². The van der Waals surface area contributed by atoms with Gasteiger partial charge in [0.2, 0.25) is 0 Å². The first-order valence-corrected chi connectivity index (χ1v) is 7.17. The summed E-state index contributed by atoms with van der Waals surface area (Å²) in [6.45, 7) is 0. The van der Waals surface area contributed by atoms with Gasteiger partial charge >= 0.3 is 0 Å². The van der Waals surface area contributed by atoms with Crippen molar-refractivity contribution >= 4 is 0 Å². The van der Waals surface area contributed by atoms with Crippen molar-refractivity contribution in [3.63, 3.8) is 0 Å². The van der Waals surface area contributed by atoms with Gasteiger partial charge in [-0.25, -0.2) is 5.43 Å². The van der Waals surface area contributed by atoms with E-state index < -0.39 is 0 Å². The molecule has 0 amide bonds. The number of hydrogen-bond donors (Lipinski definition) is 2. The van der Waals surface area contributed by atoms with Crippen LogP contribution in [0.1, 0.15) is 43.7 Å². The summed E-state index contributed by atoms with van der Waals surface area (Å²) in [5.41, 5.74) is 5.31. The standard InChI is InChI=1S/C16H24N2O2/c1-19-13-9-10-15(20-2)14(11-13)16(18-17)12-7-5-3-4-6-8-12/h7,9-11,16,18H,3-6,8,17H2,1-2H3. The van der Waals surface area contributed by atoms with Gasteiger partial charge in [-0.2, -0.15) is 0 Å². The van der Waals surface area contributed by atoms with Crippen LogP contribution >= 0.6 is 0 Å². The number of nitrogens with one attached hydrogen (secondary N) is 1. The van der Waals surface area contributed by atoms with Gasteiger partial charge in [0.1, 0.15) is 11.5 Å². The highest BCUT2D eigenvalue weighted by molar-refractivity contribution is 5.45. The zero-order valence-electron chi connectivity index (χ0n) is 12.3. The molecule has 0 bridgehead atoms. The molecule has 1 unspecified atom stereocenters. The molecule has 1 aliphatic carbocycles. The normalized spacial score (nSPS) is 17.1. The van der Waals surface area contributed by atoms with Gasteiger partial charge in [0.25, 0.3) is 0 Å². The first kappa shape index (κ1) is 14.9. The molecular weight excluding hydrogens is 252 g/mol. The molecule has 0 radical (unpaired) electrons. The Hall–Kier alpha value is -1.52. The van der Waals surface area contributed by atoms with Crippen molar-refractivity contribution < 1.29 is 9.47 Å². The predicted molar refractivity (Wildman–Crippen MR) is 80.8 cm³/mol. The summed E-state index contributed by atoms with van der Waals surface area (Å²) < 4.78 is 10.8. The summed E-state index contributed by atoms with van der Waals surface area (Å²) in [7, 11) is 3.35.